The second-order valence-corrected chi connectivity index (χ2v) is 2.75. The van der Waals surface area contributed by atoms with Gasteiger partial charge in [-0.15, -0.1) is 0 Å². The van der Waals surface area contributed by atoms with Crippen LogP contribution in [-0.2, 0) is 4.74 Å². The van der Waals surface area contributed by atoms with Crippen molar-refractivity contribution >= 4 is 0 Å². The van der Waals surface area contributed by atoms with Gasteiger partial charge in [0, 0.05) is 34.4 Å². The summed E-state index contributed by atoms with van der Waals surface area (Å²) < 4.78 is 5.03. The minimum Gasteiger partial charge on any atom is -0.375 e. The van der Waals surface area contributed by atoms with E-state index in [4.69, 9.17) is 21.3 Å². The lowest BCUT2D eigenvalue weighted by Gasteiger charge is -2.11. The minimum atomic E-state index is -0.0647. The smallest absolute Gasteiger partial charge is 0.125 e. The van der Waals surface area contributed by atoms with Gasteiger partial charge in [0.25, 0.3) is 0 Å². The van der Waals surface area contributed by atoms with Crippen molar-refractivity contribution in [1.82, 2.24) is 0 Å². The Kier molecular flexibility index (Phi) is 9.52. The Morgan fingerprint density at radius 3 is 2.31 bits per heavy atom. The molecule has 0 bridgehead atoms. The molecule has 0 fully saturated rings. The van der Waals surface area contributed by atoms with E-state index in [2.05, 4.69) is 30.1 Å². The lowest BCUT2D eigenvalue weighted by atomic mass is 10.1. The topological polar surface area (TPSA) is 156 Å². The third kappa shape index (κ3) is 8.49. The number of azide groups is 3. The molecule has 0 aromatic carbocycles. The number of nitrogens with zero attached hydrogens (tertiary/aromatic N) is 9. The van der Waals surface area contributed by atoms with Gasteiger partial charge in [-0.3, -0.25) is 0 Å². The molecular formula is C6H11N9O. The molecule has 0 saturated heterocycles. The van der Waals surface area contributed by atoms with Crippen LogP contribution in [0, 0.1) is 5.92 Å². The van der Waals surface area contributed by atoms with Gasteiger partial charge in [-0.2, -0.15) is 0 Å². The van der Waals surface area contributed by atoms with Crippen molar-refractivity contribution in [2.75, 3.05) is 26.4 Å². The van der Waals surface area contributed by atoms with Crippen LogP contribution in [0.3, 0.4) is 0 Å². The van der Waals surface area contributed by atoms with Crippen LogP contribution in [0.2, 0.25) is 0 Å². The Morgan fingerprint density at radius 2 is 1.69 bits per heavy atom. The molecule has 0 aliphatic rings. The largest absolute Gasteiger partial charge is 0.375 e. The highest BCUT2D eigenvalue weighted by Crippen LogP contribution is 2.05. The van der Waals surface area contributed by atoms with E-state index in [1.807, 2.05) is 0 Å². The molecule has 0 heterocycles. The van der Waals surface area contributed by atoms with Crippen LogP contribution >= 0.6 is 0 Å². The van der Waals surface area contributed by atoms with Gasteiger partial charge in [0.2, 0.25) is 0 Å². The number of rotatable bonds is 9. The maximum Gasteiger partial charge on any atom is 0.125 e. The maximum atomic E-state index is 8.17. The van der Waals surface area contributed by atoms with Crippen molar-refractivity contribution < 1.29 is 4.74 Å². The molecule has 10 heteroatoms. The number of hydrogen-bond donors (Lipinski definition) is 0. The van der Waals surface area contributed by atoms with Gasteiger partial charge >= 0.3 is 0 Å². The van der Waals surface area contributed by atoms with E-state index in [0.29, 0.717) is 19.6 Å². The van der Waals surface area contributed by atoms with Crippen molar-refractivity contribution in [2.45, 2.75) is 6.42 Å². The van der Waals surface area contributed by atoms with Crippen LogP contribution in [0.15, 0.2) is 15.3 Å². The molecule has 0 N–H and O–H groups in total. The fourth-order valence-corrected chi connectivity index (χ4v) is 0.950. The second-order valence-electron chi connectivity index (χ2n) is 2.75. The van der Waals surface area contributed by atoms with E-state index < -0.39 is 0 Å². The summed E-state index contributed by atoms with van der Waals surface area (Å²) in [6.45, 7) is 0.796. The summed E-state index contributed by atoms with van der Waals surface area (Å²) in [5, 5.41) is 9.98. The fourth-order valence-electron chi connectivity index (χ4n) is 0.950. The highest BCUT2D eigenvalue weighted by atomic mass is 16.5. The summed E-state index contributed by atoms with van der Waals surface area (Å²) in [6.07, 6.45) is 0.555. The van der Waals surface area contributed by atoms with Gasteiger partial charge in [-0.05, 0) is 28.9 Å². The van der Waals surface area contributed by atoms with Crippen LogP contribution in [-0.4, -0.2) is 26.4 Å². The Morgan fingerprint density at radius 1 is 1.00 bits per heavy atom. The van der Waals surface area contributed by atoms with Crippen molar-refractivity contribution in [3.05, 3.63) is 31.3 Å². The summed E-state index contributed by atoms with van der Waals surface area (Å²) in [5.74, 6) is -0.0460. The van der Waals surface area contributed by atoms with Gasteiger partial charge in [-0.1, -0.05) is 15.3 Å². The molecule has 16 heavy (non-hydrogen) atoms. The van der Waals surface area contributed by atoms with Gasteiger partial charge < -0.3 is 4.74 Å². The first-order valence-corrected chi connectivity index (χ1v) is 4.45. The molecule has 1 atom stereocenters. The Hall–Kier alpha value is -2.11. The quantitative estimate of drug-likeness (QED) is 0.251. The van der Waals surface area contributed by atoms with Crippen LogP contribution in [0.1, 0.15) is 6.42 Å². The van der Waals surface area contributed by atoms with Gasteiger partial charge in [0.15, 0.2) is 0 Å². The zero-order valence-corrected chi connectivity index (χ0v) is 8.55. The van der Waals surface area contributed by atoms with Gasteiger partial charge in [0.1, 0.15) is 6.73 Å². The normalized spacial score (nSPS) is 10.5. The first-order chi connectivity index (χ1) is 7.85. The molecule has 0 aliphatic carbocycles. The molecule has 1 unspecified atom stereocenters. The molecule has 86 valence electrons. The van der Waals surface area contributed by atoms with E-state index in [1.54, 1.807) is 0 Å². The second kappa shape index (κ2) is 11.0. The zero-order valence-electron chi connectivity index (χ0n) is 8.55. The van der Waals surface area contributed by atoms with E-state index in [-0.39, 0.29) is 19.2 Å². The molecule has 0 aromatic heterocycles. The lowest BCUT2D eigenvalue weighted by molar-refractivity contribution is 0.105. The van der Waals surface area contributed by atoms with E-state index in [1.165, 1.54) is 0 Å². The summed E-state index contributed by atoms with van der Waals surface area (Å²) >= 11 is 0. The van der Waals surface area contributed by atoms with E-state index in [0.717, 1.165) is 0 Å². The molecule has 0 radical (unpaired) electrons. The van der Waals surface area contributed by atoms with Gasteiger partial charge in [-0.25, -0.2) is 0 Å². The van der Waals surface area contributed by atoms with Crippen molar-refractivity contribution in [1.29, 1.82) is 0 Å². The zero-order chi connectivity index (χ0) is 12.1. The highest BCUT2D eigenvalue weighted by Gasteiger charge is 2.06. The molecule has 0 rings (SSSR count). The van der Waals surface area contributed by atoms with Crippen molar-refractivity contribution in [2.24, 2.45) is 21.3 Å². The SMILES string of the molecule is [N-]=[N+]=NCCC(CN=[N+]=[N-])COCN=[N+]=[N-]. The summed E-state index contributed by atoms with van der Waals surface area (Å²) in [6, 6.07) is 0. The highest BCUT2D eigenvalue weighted by molar-refractivity contribution is 4.64. The third-order valence-corrected chi connectivity index (χ3v) is 1.67. The predicted octanol–water partition coefficient (Wildman–Crippen LogP) is 2.90. The maximum absolute atomic E-state index is 8.17. The number of hydrogen-bond acceptors (Lipinski definition) is 4. The van der Waals surface area contributed by atoms with Crippen LogP contribution < -0.4 is 0 Å². The summed E-state index contributed by atoms with van der Waals surface area (Å²) in [4.78, 5) is 7.77. The third-order valence-electron chi connectivity index (χ3n) is 1.67. The first kappa shape index (κ1) is 13.9. The molecule has 10 nitrogen and oxygen atoms in total. The lowest BCUT2D eigenvalue weighted by Crippen LogP contribution is -2.14. The van der Waals surface area contributed by atoms with Crippen molar-refractivity contribution in [3.63, 3.8) is 0 Å². The standard InChI is InChI=1S/C6H11N9O/c7-13-10-2-1-6(3-11-14-8)4-16-5-12-15-9/h6H,1-5H2. The van der Waals surface area contributed by atoms with Crippen LogP contribution in [0.4, 0.5) is 0 Å². The Balaban J connectivity index is 3.92. The van der Waals surface area contributed by atoms with Crippen molar-refractivity contribution in [3.8, 4) is 0 Å². The number of ether oxygens (including phenoxy) is 1. The summed E-state index contributed by atoms with van der Waals surface area (Å²) in [7, 11) is 0. The first-order valence-electron chi connectivity index (χ1n) is 4.45. The average molecular weight is 225 g/mol. The molecule has 0 spiro atoms. The van der Waals surface area contributed by atoms with Crippen LogP contribution in [0.25, 0.3) is 31.3 Å². The minimum absolute atomic E-state index is 0.0460. The monoisotopic (exact) mass is 225 g/mol. The molecular weight excluding hydrogens is 214 g/mol. The predicted molar refractivity (Wildman–Crippen MR) is 56.1 cm³/mol. The van der Waals surface area contributed by atoms with Crippen LogP contribution in [0.5, 0.6) is 0 Å². The fraction of sp³-hybridized carbons (Fsp3) is 1.00. The molecule has 0 aromatic rings. The van der Waals surface area contributed by atoms with E-state index in [9.17, 15) is 0 Å². The summed E-state index contributed by atoms with van der Waals surface area (Å²) in [5.41, 5.74) is 24.3. The Labute approximate surface area is 91.1 Å². The molecule has 0 aliphatic heterocycles. The average Bonchev–Trinajstić information content (AvgIpc) is 2.31. The molecule has 0 amide bonds. The van der Waals surface area contributed by atoms with Gasteiger partial charge in [0.05, 0.1) is 0 Å². The van der Waals surface area contributed by atoms with E-state index >= 15 is 0 Å². The molecule has 0 saturated carbocycles. The Bertz CT molecular complexity index is 323.